The molecule has 2 aromatic heterocycles. The van der Waals surface area contributed by atoms with Crippen LogP contribution >= 0.6 is 0 Å². The second kappa shape index (κ2) is 8.58. The molecule has 2 aliphatic heterocycles. The third-order valence-corrected chi connectivity index (χ3v) is 8.33. The van der Waals surface area contributed by atoms with E-state index in [1.165, 1.54) is 16.7 Å². The molecule has 3 aromatic rings. The summed E-state index contributed by atoms with van der Waals surface area (Å²) in [5.41, 5.74) is 5.35. The molecule has 0 spiro atoms. The van der Waals surface area contributed by atoms with Crippen LogP contribution in [-0.2, 0) is 39.5 Å². The first-order valence-corrected chi connectivity index (χ1v) is 12.7. The van der Waals surface area contributed by atoms with Gasteiger partial charge in [-0.1, -0.05) is 6.92 Å². The molecule has 4 heterocycles. The van der Waals surface area contributed by atoms with Gasteiger partial charge in [0.05, 0.1) is 35.1 Å². The van der Waals surface area contributed by atoms with Crippen molar-refractivity contribution in [3.8, 4) is 11.4 Å². The maximum Gasteiger partial charge on any atom is 0.412 e. The van der Waals surface area contributed by atoms with E-state index < -0.39 is 47.1 Å². The molecule has 210 valence electrons. The molecule has 13 heteroatoms. The van der Waals surface area contributed by atoms with Crippen LogP contribution in [0.5, 0.6) is 0 Å². The first-order valence-electron chi connectivity index (χ1n) is 12.7. The average molecular weight is 561 g/mol. The lowest BCUT2D eigenvalue weighted by Gasteiger charge is -2.31. The van der Waals surface area contributed by atoms with Crippen molar-refractivity contribution in [1.82, 2.24) is 14.9 Å². The summed E-state index contributed by atoms with van der Waals surface area (Å²) in [7, 11) is 0. The summed E-state index contributed by atoms with van der Waals surface area (Å²) in [6.07, 6.45) is -4.58. The number of amides is 1. The number of cyclic esters (lactones) is 1. The zero-order valence-corrected chi connectivity index (χ0v) is 21.4. The topological polar surface area (TPSA) is 137 Å². The highest BCUT2D eigenvalue weighted by molar-refractivity contribution is 5.94. The zero-order valence-electron chi connectivity index (χ0n) is 21.4. The normalized spacial score (nSPS) is 21.9. The van der Waals surface area contributed by atoms with Gasteiger partial charge in [-0.25, -0.2) is 14.2 Å². The number of pyridine rings is 2. The molecule has 0 fully saturated rings. The van der Waals surface area contributed by atoms with E-state index in [4.69, 9.17) is 10.5 Å². The number of hydrogen-bond acceptors (Lipinski definition) is 7. The van der Waals surface area contributed by atoms with Crippen LogP contribution in [0.25, 0.3) is 22.3 Å². The summed E-state index contributed by atoms with van der Waals surface area (Å²) < 4.78 is 61.0. The van der Waals surface area contributed by atoms with Gasteiger partial charge in [-0.05, 0) is 48.9 Å². The molecule has 0 saturated heterocycles. The van der Waals surface area contributed by atoms with Crippen molar-refractivity contribution < 1.29 is 37.0 Å². The summed E-state index contributed by atoms with van der Waals surface area (Å²) in [4.78, 5) is 43.2. The Kier molecular flexibility index (Phi) is 5.66. The van der Waals surface area contributed by atoms with Gasteiger partial charge in [0, 0.05) is 22.6 Å². The molecule has 1 amide bonds. The van der Waals surface area contributed by atoms with E-state index in [2.05, 4.69) is 10.3 Å². The number of ether oxygens (including phenoxy) is 1. The number of aromatic nitrogens is 2. The van der Waals surface area contributed by atoms with Gasteiger partial charge in [0.25, 0.3) is 5.56 Å². The van der Waals surface area contributed by atoms with Crippen LogP contribution in [0.15, 0.2) is 16.9 Å². The van der Waals surface area contributed by atoms with Crippen molar-refractivity contribution >= 4 is 22.8 Å². The summed E-state index contributed by atoms with van der Waals surface area (Å²) >= 11 is 0. The Morgan fingerprint density at radius 3 is 2.70 bits per heavy atom. The lowest BCUT2D eigenvalue weighted by Crippen LogP contribution is -2.51. The molecule has 0 radical (unpaired) electrons. The van der Waals surface area contributed by atoms with E-state index >= 15 is 0 Å². The Balaban J connectivity index is 1.60. The number of aryl methyl sites for hydroxylation is 1. The molecule has 1 aliphatic carbocycles. The summed E-state index contributed by atoms with van der Waals surface area (Å²) in [6.45, 7) is 2.78. The summed E-state index contributed by atoms with van der Waals surface area (Å²) in [5, 5.41) is 14.0. The average Bonchev–Trinajstić information content (AvgIpc) is 3.27. The number of carbonyl (C=O) groups is 2. The van der Waals surface area contributed by atoms with E-state index in [1.54, 1.807) is 13.8 Å². The first-order chi connectivity index (χ1) is 18.8. The van der Waals surface area contributed by atoms with E-state index in [9.17, 15) is 37.1 Å². The minimum absolute atomic E-state index is 0.0406. The number of hydrogen-bond donors (Lipinski definition) is 3. The van der Waals surface area contributed by atoms with Gasteiger partial charge in [-0.15, -0.1) is 0 Å². The van der Waals surface area contributed by atoms with E-state index in [1.807, 2.05) is 0 Å². The number of alkyl halides is 3. The SMILES string of the molecule is CC[C@@]1(O)C(=O)OCc2c1cc1n(c2=O)Cc2c-1nc1cc(F)c(C)c3c1c2[C@@H](NC(=O)C(N)C(F)(F)F)CC3. The van der Waals surface area contributed by atoms with Crippen LogP contribution in [0.2, 0.25) is 0 Å². The zero-order chi connectivity index (χ0) is 28.9. The van der Waals surface area contributed by atoms with Crippen molar-refractivity contribution in [3.05, 3.63) is 61.7 Å². The fraction of sp³-hybridized carbons (Fsp3) is 0.407. The molecule has 3 aliphatic rings. The molecule has 9 nitrogen and oxygen atoms in total. The van der Waals surface area contributed by atoms with Gasteiger partial charge < -0.3 is 25.5 Å². The predicted octanol–water partition coefficient (Wildman–Crippen LogP) is 2.52. The minimum atomic E-state index is -4.95. The Morgan fingerprint density at radius 1 is 1.30 bits per heavy atom. The smallest absolute Gasteiger partial charge is 0.412 e. The molecule has 0 saturated carbocycles. The van der Waals surface area contributed by atoms with Gasteiger partial charge in [-0.3, -0.25) is 9.59 Å². The summed E-state index contributed by atoms with van der Waals surface area (Å²) in [6, 6.07) is -0.971. The largest absolute Gasteiger partial charge is 0.458 e. The highest BCUT2D eigenvalue weighted by Crippen LogP contribution is 2.46. The van der Waals surface area contributed by atoms with Gasteiger partial charge in [-0.2, -0.15) is 13.2 Å². The standard InChI is InChI=1S/C27H24F4N4O5/c1-3-26(39)14-6-18-21-12(8-35(18)24(37)13(14)9-40-25(26)38)20-16(34-23(36)22(32)27(29,30)31)5-4-11-10(2)15(28)7-17(33-21)19(11)20/h6-7,16,22,39H,3-5,8-9,32H2,1-2H3,(H,34,36)/t16-,22?,26-/m0/s1. The minimum Gasteiger partial charge on any atom is -0.458 e. The van der Waals surface area contributed by atoms with E-state index in [-0.39, 0.29) is 60.4 Å². The second-order valence-electron chi connectivity index (χ2n) is 10.4. The Bertz CT molecular complexity index is 1720. The highest BCUT2D eigenvalue weighted by Gasteiger charge is 2.46. The van der Waals surface area contributed by atoms with Gasteiger partial charge in [0.1, 0.15) is 12.4 Å². The number of carbonyl (C=O) groups excluding carboxylic acids is 2. The predicted molar refractivity (Wildman–Crippen MR) is 132 cm³/mol. The van der Waals surface area contributed by atoms with Crippen LogP contribution in [0.4, 0.5) is 17.6 Å². The maximum absolute atomic E-state index is 14.9. The number of fused-ring (bicyclic) bond motifs is 5. The monoisotopic (exact) mass is 560 g/mol. The van der Waals surface area contributed by atoms with Gasteiger partial charge in [0.15, 0.2) is 11.6 Å². The number of halogens is 4. The molecular weight excluding hydrogens is 536 g/mol. The molecule has 0 bridgehead atoms. The van der Waals surface area contributed by atoms with Crippen LogP contribution in [-0.4, -0.2) is 38.8 Å². The molecular formula is C27H24F4N4O5. The van der Waals surface area contributed by atoms with E-state index in [0.717, 1.165) is 0 Å². The van der Waals surface area contributed by atoms with Gasteiger partial charge >= 0.3 is 12.1 Å². The number of aliphatic hydroxyl groups is 1. The van der Waals surface area contributed by atoms with Crippen molar-refractivity contribution in [2.45, 2.75) is 70.1 Å². The Labute approximate surface area is 223 Å². The molecule has 40 heavy (non-hydrogen) atoms. The fourth-order valence-electron chi connectivity index (χ4n) is 6.11. The third-order valence-electron chi connectivity index (χ3n) is 8.33. The molecule has 3 atom stereocenters. The molecule has 6 rings (SSSR count). The van der Waals surface area contributed by atoms with Crippen molar-refractivity contribution in [3.63, 3.8) is 0 Å². The van der Waals surface area contributed by atoms with E-state index in [0.29, 0.717) is 27.6 Å². The first kappa shape index (κ1) is 26.4. The Morgan fingerprint density at radius 2 is 2.02 bits per heavy atom. The van der Waals surface area contributed by atoms with Crippen LogP contribution in [0.3, 0.4) is 0 Å². The second-order valence-corrected chi connectivity index (χ2v) is 10.4. The number of nitrogens with one attached hydrogen (secondary N) is 1. The van der Waals surface area contributed by atoms with Crippen molar-refractivity contribution in [1.29, 1.82) is 0 Å². The van der Waals surface area contributed by atoms with Crippen molar-refractivity contribution in [2.75, 3.05) is 0 Å². The molecule has 1 unspecified atom stereocenters. The lowest BCUT2D eigenvalue weighted by molar-refractivity contribution is -0.172. The quantitative estimate of drug-likeness (QED) is 0.259. The number of esters is 1. The van der Waals surface area contributed by atoms with Crippen LogP contribution in [0.1, 0.15) is 59.2 Å². The number of benzene rings is 1. The molecule has 1 aromatic carbocycles. The van der Waals surface area contributed by atoms with Crippen molar-refractivity contribution in [2.24, 2.45) is 5.73 Å². The van der Waals surface area contributed by atoms with Crippen LogP contribution < -0.4 is 16.6 Å². The fourth-order valence-corrected chi connectivity index (χ4v) is 6.11. The number of nitrogens with zero attached hydrogens (tertiary/aromatic N) is 2. The lowest BCUT2D eigenvalue weighted by atomic mass is 9.81. The van der Waals surface area contributed by atoms with Crippen LogP contribution in [0, 0.1) is 12.7 Å². The number of rotatable bonds is 3. The number of nitrogens with two attached hydrogens (primary N) is 1. The Hall–Kier alpha value is -3.84. The third kappa shape index (κ3) is 3.53. The summed E-state index contributed by atoms with van der Waals surface area (Å²) in [5.74, 6) is -2.82. The highest BCUT2D eigenvalue weighted by atomic mass is 19.4. The molecule has 4 N–H and O–H groups in total. The maximum atomic E-state index is 14.9. The van der Waals surface area contributed by atoms with Gasteiger partial charge in [0.2, 0.25) is 5.91 Å².